The van der Waals surface area contributed by atoms with Crippen molar-refractivity contribution in [3.8, 4) is 33.8 Å². The summed E-state index contributed by atoms with van der Waals surface area (Å²) in [6.45, 7) is 0. The molecule has 0 atom stereocenters. The van der Waals surface area contributed by atoms with Crippen molar-refractivity contribution in [1.82, 2.24) is 9.97 Å². The molecule has 0 aliphatic rings. The Morgan fingerprint density at radius 3 is 2.08 bits per heavy atom. The van der Waals surface area contributed by atoms with Crippen LogP contribution < -0.4 is 0 Å². The lowest BCUT2D eigenvalue weighted by atomic mass is 9.98. The van der Waals surface area contributed by atoms with Crippen LogP contribution in [0.3, 0.4) is 0 Å². The summed E-state index contributed by atoms with van der Waals surface area (Å²) in [5, 5.41) is 6.27. The summed E-state index contributed by atoms with van der Waals surface area (Å²) in [4.78, 5) is 10.1. The minimum atomic E-state index is 0.738. The van der Waals surface area contributed by atoms with Crippen molar-refractivity contribution in [2.75, 3.05) is 0 Å². The molecule has 0 unspecified atom stereocenters. The molecule has 2 heterocycles. The van der Waals surface area contributed by atoms with Gasteiger partial charge in [0, 0.05) is 42.1 Å². The van der Waals surface area contributed by atoms with Gasteiger partial charge in [0.1, 0.15) is 0 Å². The minimum Gasteiger partial charge on any atom is -0.228 e. The lowest BCUT2D eigenvalue weighted by Gasteiger charge is -2.11. The quantitative estimate of drug-likeness (QED) is 0.234. The van der Waals surface area contributed by atoms with Crippen molar-refractivity contribution >= 4 is 53.2 Å². The lowest BCUT2D eigenvalue weighted by Crippen LogP contribution is -1.95. The Morgan fingerprint density at radius 1 is 0.436 bits per heavy atom. The van der Waals surface area contributed by atoms with Crippen LogP contribution in [-0.2, 0) is 0 Å². The van der Waals surface area contributed by atoms with Crippen molar-refractivity contribution in [2.45, 2.75) is 0 Å². The zero-order valence-corrected chi connectivity index (χ0v) is 21.8. The number of hydrogen-bond acceptors (Lipinski definition) is 3. The Bertz CT molecular complexity index is 2180. The first-order valence-corrected chi connectivity index (χ1v) is 13.9. The summed E-state index contributed by atoms with van der Waals surface area (Å²) in [5.41, 5.74) is 6.36. The normalized spacial score (nSPS) is 11.6. The minimum absolute atomic E-state index is 0.738. The van der Waals surface area contributed by atoms with Gasteiger partial charge in [-0.2, -0.15) is 0 Å². The maximum absolute atomic E-state index is 5.08. The van der Waals surface area contributed by atoms with E-state index >= 15 is 0 Å². The molecule has 0 radical (unpaired) electrons. The molecule has 0 bridgehead atoms. The third-order valence-corrected chi connectivity index (χ3v) is 8.69. The molecule has 6 aromatic carbocycles. The number of aromatic nitrogens is 2. The van der Waals surface area contributed by atoms with Gasteiger partial charge in [0.2, 0.25) is 0 Å². The summed E-state index contributed by atoms with van der Waals surface area (Å²) in [5.74, 6) is 0.738. The molecule has 0 fully saturated rings. The largest absolute Gasteiger partial charge is 0.228 e. The number of nitrogens with zero attached hydrogens (tertiary/aromatic N) is 2. The first-order valence-electron chi connectivity index (χ1n) is 13.1. The SMILES string of the molecule is c1ccc(-c2nc(-c3cccc(-c4ccc5ccc6c7ccccc7sc6c5c4)c3)nc3ccccc23)cc1. The van der Waals surface area contributed by atoms with Crippen LogP contribution in [0.5, 0.6) is 0 Å². The molecule has 8 rings (SSSR count). The summed E-state index contributed by atoms with van der Waals surface area (Å²) in [7, 11) is 0. The third kappa shape index (κ3) is 3.70. The molecule has 0 saturated carbocycles. The van der Waals surface area contributed by atoms with E-state index in [-0.39, 0.29) is 0 Å². The summed E-state index contributed by atoms with van der Waals surface area (Å²) in [6.07, 6.45) is 0. The van der Waals surface area contributed by atoms with Gasteiger partial charge >= 0.3 is 0 Å². The highest BCUT2D eigenvalue weighted by Gasteiger charge is 2.13. The molecule has 39 heavy (non-hydrogen) atoms. The van der Waals surface area contributed by atoms with Gasteiger partial charge in [0.15, 0.2) is 5.82 Å². The zero-order valence-electron chi connectivity index (χ0n) is 21.0. The molecular formula is C36H22N2S. The molecule has 2 aromatic heterocycles. The van der Waals surface area contributed by atoms with Gasteiger partial charge in [-0.15, -0.1) is 11.3 Å². The van der Waals surface area contributed by atoms with E-state index in [4.69, 9.17) is 9.97 Å². The lowest BCUT2D eigenvalue weighted by molar-refractivity contribution is 1.23. The van der Waals surface area contributed by atoms with E-state index in [1.165, 1.54) is 36.5 Å². The van der Waals surface area contributed by atoms with Crippen molar-refractivity contribution in [3.63, 3.8) is 0 Å². The highest BCUT2D eigenvalue weighted by Crippen LogP contribution is 2.40. The van der Waals surface area contributed by atoms with Crippen molar-refractivity contribution in [3.05, 3.63) is 133 Å². The van der Waals surface area contributed by atoms with Crippen LogP contribution in [0.1, 0.15) is 0 Å². The van der Waals surface area contributed by atoms with E-state index in [9.17, 15) is 0 Å². The van der Waals surface area contributed by atoms with Crippen LogP contribution in [0.2, 0.25) is 0 Å². The van der Waals surface area contributed by atoms with Gasteiger partial charge in [-0.25, -0.2) is 9.97 Å². The van der Waals surface area contributed by atoms with Crippen molar-refractivity contribution in [1.29, 1.82) is 0 Å². The average molecular weight is 515 g/mol. The molecule has 0 amide bonds. The van der Waals surface area contributed by atoms with E-state index in [1.54, 1.807) is 0 Å². The Labute approximate surface area is 229 Å². The van der Waals surface area contributed by atoms with Crippen LogP contribution in [0.25, 0.3) is 75.6 Å². The Balaban J connectivity index is 1.29. The smallest absolute Gasteiger partial charge is 0.160 e. The maximum atomic E-state index is 5.08. The standard InChI is InChI=1S/C36H22N2S/c1-2-9-24(10-3-1)34-30-14-4-6-15-32(30)37-36(38-34)27-12-8-11-25(21-27)26-18-17-23-19-20-29-28-13-5-7-16-33(28)39-35(29)31(23)22-26/h1-22H. The molecule has 8 aromatic rings. The third-order valence-electron chi connectivity index (χ3n) is 7.47. The van der Waals surface area contributed by atoms with Crippen LogP contribution in [0, 0.1) is 0 Å². The Hall–Kier alpha value is -4.86. The van der Waals surface area contributed by atoms with E-state index in [0.29, 0.717) is 0 Å². The molecule has 0 N–H and O–H groups in total. The highest BCUT2D eigenvalue weighted by molar-refractivity contribution is 7.26. The van der Waals surface area contributed by atoms with Gasteiger partial charge < -0.3 is 0 Å². The number of benzene rings is 6. The number of para-hydroxylation sites is 1. The average Bonchev–Trinajstić information content (AvgIpc) is 3.40. The van der Waals surface area contributed by atoms with E-state index in [0.717, 1.165) is 39.1 Å². The second-order valence-corrected chi connectivity index (χ2v) is 10.9. The highest BCUT2D eigenvalue weighted by atomic mass is 32.1. The molecule has 0 saturated heterocycles. The fourth-order valence-electron chi connectivity index (χ4n) is 5.54. The number of rotatable bonds is 3. The van der Waals surface area contributed by atoms with Gasteiger partial charge in [-0.05, 0) is 40.8 Å². The topological polar surface area (TPSA) is 25.8 Å². The number of thiophene rings is 1. The first kappa shape index (κ1) is 22.2. The molecule has 2 nitrogen and oxygen atoms in total. The molecular weight excluding hydrogens is 492 g/mol. The monoisotopic (exact) mass is 514 g/mol. The second-order valence-electron chi connectivity index (χ2n) is 9.84. The Kier molecular flexibility index (Phi) is 5.04. The van der Waals surface area contributed by atoms with E-state index in [1.807, 2.05) is 29.5 Å². The van der Waals surface area contributed by atoms with Crippen LogP contribution in [0.15, 0.2) is 133 Å². The first-order chi connectivity index (χ1) is 19.3. The van der Waals surface area contributed by atoms with Crippen LogP contribution >= 0.6 is 11.3 Å². The maximum Gasteiger partial charge on any atom is 0.160 e. The molecule has 0 aliphatic heterocycles. The second kappa shape index (κ2) is 8.87. The predicted octanol–water partition coefficient (Wildman–Crippen LogP) is 10.2. The van der Waals surface area contributed by atoms with Crippen molar-refractivity contribution in [2.24, 2.45) is 0 Å². The molecule has 182 valence electrons. The Morgan fingerprint density at radius 2 is 1.15 bits per heavy atom. The van der Waals surface area contributed by atoms with Crippen LogP contribution in [0.4, 0.5) is 0 Å². The molecule has 3 heteroatoms. The van der Waals surface area contributed by atoms with Gasteiger partial charge in [0.05, 0.1) is 11.2 Å². The van der Waals surface area contributed by atoms with Gasteiger partial charge in [0.25, 0.3) is 0 Å². The van der Waals surface area contributed by atoms with Gasteiger partial charge in [-0.1, -0.05) is 109 Å². The van der Waals surface area contributed by atoms with Gasteiger partial charge in [-0.3, -0.25) is 0 Å². The molecule has 0 aliphatic carbocycles. The predicted molar refractivity (Wildman–Crippen MR) is 166 cm³/mol. The van der Waals surface area contributed by atoms with Crippen molar-refractivity contribution < 1.29 is 0 Å². The summed E-state index contributed by atoms with van der Waals surface area (Å²) in [6, 6.07) is 47.2. The zero-order chi connectivity index (χ0) is 25.8. The summed E-state index contributed by atoms with van der Waals surface area (Å²) >= 11 is 1.88. The number of fused-ring (bicyclic) bond motifs is 6. The fourth-order valence-corrected chi connectivity index (χ4v) is 6.77. The van der Waals surface area contributed by atoms with E-state index < -0.39 is 0 Å². The molecule has 0 spiro atoms. The summed E-state index contributed by atoms with van der Waals surface area (Å²) < 4.78 is 2.67. The number of hydrogen-bond donors (Lipinski definition) is 0. The fraction of sp³-hybridized carbons (Fsp3) is 0. The van der Waals surface area contributed by atoms with Crippen LogP contribution in [-0.4, -0.2) is 9.97 Å². The van der Waals surface area contributed by atoms with E-state index in [2.05, 4.69) is 115 Å².